The van der Waals surface area contributed by atoms with E-state index >= 15 is 0 Å². The van der Waals surface area contributed by atoms with E-state index in [2.05, 4.69) is 11.8 Å². The Balaban J connectivity index is 2.00. The molecule has 0 atom stereocenters. The van der Waals surface area contributed by atoms with E-state index in [0.717, 1.165) is 18.4 Å². The summed E-state index contributed by atoms with van der Waals surface area (Å²) in [7, 11) is 0. The molecule has 2 rings (SSSR count). The largest absolute Gasteiger partial charge is 0.374 e. The van der Waals surface area contributed by atoms with Crippen molar-refractivity contribution in [2.45, 2.75) is 38.4 Å². The van der Waals surface area contributed by atoms with Crippen molar-refractivity contribution in [3.8, 4) is 11.8 Å². The van der Waals surface area contributed by atoms with E-state index < -0.39 is 0 Å². The molecule has 18 heavy (non-hydrogen) atoms. The molecule has 1 aliphatic carbocycles. The van der Waals surface area contributed by atoms with Crippen LogP contribution in [0.4, 0.5) is 4.39 Å². The van der Waals surface area contributed by atoms with Gasteiger partial charge in [0.15, 0.2) is 0 Å². The molecule has 0 saturated heterocycles. The number of rotatable bonds is 3. The van der Waals surface area contributed by atoms with Crippen LogP contribution in [-0.4, -0.2) is 12.6 Å². The van der Waals surface area contributed by atoms with Gasteiger partial charge in [-0.25, -0.2) is 4.39 Å². The third-order valence-electron chi connectivity index (χ3n) is 3.08. The van der Waals surface area contributed by atoms with Crippen molar-refractivity contribution < 1.29 is 9.13 Å². The van der Waals surface area contributed by atoms with Crippen molar-refractivity contribution in [3.63, 3.8) is 0 Å². The van der Waals surface area contributed by atoms with Crippen LogP contribution in [0, 0.1) is 17.7 Å². The predicted octanol–water partition coefficient (Wildman–Crippen LogP) is 2.60. The normalized spacial score (nSPS) is 15.4. The van der Waals surface area contributed by atoms with Gasteiger partial charge in [-0.1, -0.05) is 24.7 Å². The highest BCUT2D eigenvalue weighted by atomic mass is 19.1. The molecule has 96 valence electrons. The van der Waals surface area contributed by atoms with Gasteiger partial charge in [0.05, 0.1) is 19.3 Å². The second-order valence-corrected chi connectivity index (χ2v) is 4.57. The lowest BCUT2D eigenvalue weighted by molar-refractivity contribution is 0.0455. The van der Waals surface area contributed by atoms with E-state index in [4.69, 9.17) is 10.5 Å². The highest BCUT2D eigenvalue weighted by Gasteiger charge is 2.15. The van der Waals surface area contributed by atoms with Crippen molar-refractivity contribution in [1.29, 1.82) is 0 Å². The number of halogens is 1. The standard InChI is InChI=1S/C15H18FNO/c16-14-9-12(4-3-7-17)8-13(10-14)11-18-15-5-1-2-6-15/h8-10,15H,1-2,5-7,11,17H2. The zero-order valence-corrected chi connectivity index (χ0v) is 10.4. The first kappa shape index (κ1) is 13.1. The van der Waals surface area contributed by atoms with Crippen LogP contribution in [0.3, 0.4) is 0 Å². The van der Waals surface area contributed by atoms with E-state index in [1.807, 2.05) is 6.07 Å². The Labute approximate surface area is 107 Å². The minimum absolute atomic E-state index is 0.274. The molecule has 2 N–H and O–H groups in total. The molecule has 0 bridgehead atoms. The number of hydrogen-bond acceptors (Lipinski definition) is 2. The Morgan fingerprint density at radius 2 is 2.06 bits per heavy atom. The molecule has 1 aliphatic rings. The maximum Gasteiger partial charge on any atom is 0.124 e. The highest BCUT2D eigenvalue weighted by molar-refractivity contribution is 5.37. The molecule has 0 unspecified atom stereocenters. The lowest BCUT2D eigenvalue weighted by Gasteiger charge is -2.11. The maximum absolute atomic E-state index is 13.4. The minimum Gasteiger partial charge on any atom is -0.374 e. The molecule has 0 radical (unpaired) electrons. The van der Waals surface area contributed by atoms with Gasteiger partial charge in [-0.05, 0) is 36.6 Å². The lowest BCUT2D eigenvalue weighted by Crippen LogP contribution is -2.07. The Hall–Kier alpha value is -1.37. The van der Waals surface area contributed by atoms with Crippen LogP contribution in [0.2, 0.25) is 0 Å². The van der Waals surface area contributed by atoms with Gasteiger partial charge in [-0.15, -0.1) is 0 Å². The van der Waals surface area contributed by atoms with Gasteiger partial charge >= 0.3 is 0 Å². The molecular formula is C15H18FNO. The quantitative estimate of drug-likeness (QED) is 0.833. The molecule has 0 amide bonds. The van der Waals surface area contributed by atoms with Crippen LogP contribution < -0.4 is 5.73 Å². The van der Waals surface area contributed by atoms with Gasteiger partial charge in [0, 0.05) is 5.56 Å². The lowest BCUT2D eigenvalue weighted by atomic mass is 10.1. The molecule has 1 saturated carbocycles. The molecule has 0 spiro atoms. The van der Waals surface area contributed by atoms with Crippen LogP contribution in [0.1, 0.15) is 36.8 Å². The molecule has 3 heteroatoms. The Morgan fingerprint density at radius 3 is 2.78 bits per heavy atom. The van der Waals surface area contributed by atoms with Crippen LogP contribution in [0.25, 0.3) is 0 Å². The molecule has 0 heterocycles. The zero-order chi connectivity index (χ0) is 12.8. The molecule has 1 aromatic rings. The van der Waals surface area contributed by atoms with Crippen molar-refractivity contribution in [3.05, 3.63) is 35.1 Å². The maximum atomic E-state index is 13.4. The summed E-state index contributed by atoms with van der Waals surface area (Å²) in [6.45, 7) is 0.740. The third kappa shape index (κ3) is 3.83. The average Bonchev–Trinajstić information content (AvgIpc) is 2.86. The van der Waals surface area contributed by atoms with Gasteiger partial charge < -0.3 is 10.5 Å². The second kappa shape index (κ2) is 6.53. The fourth-order valence-corrected chi connectivity index (χ4v) is 2.23. The Morgan fingerprint density at radius 1 is 1.28 bits per heavy atom. The van der Waals surface area contributed by atoms with Crippen molar-refractivity contribution in [1.82, 2.24) is 0 Å². The van der Waals surface area contributed by atoms with Gasteiger partial charge in [-0.3, -0.25) is 0 Å². The van der Waals surface area contributed by atoms with Crippen LogP contribution in [-0.2, 0) is 11.3 Å². The van der Waals surface area contributed by atoms with E-state index in [1.54, 1.807) is 0 Å². The number of benzene rings is 1. The summed E-state index contributed by atoms with van der Waals surface area (Å²) in [5.74, 6) is 5.30. The predicted molar refractivity (Wildman–Crippen MR) is 69.4 cm³/mol. The van der Waals surface area contributed by atoms with E-state index in [9.17, 15) is 4.39 Å². The fourth-order valence-electron chi connectivity index (χ4n) is 2.23. The second-order valence-electron chi connectivity index (χ2n) is 4.57. The summed E-state index contributed by atoms with van der Waals surface area (Å²) < 4.78 is 19.2. The summed E-state index contributed by atoms with van der Waals surface area (Å²) in [4.78, 5) is 0. The summed E-state index contributed by atoms with van der Waals surface area (Å²) in [5, 5.41) is 0. The van der Waals surface area contributed by atoms with Crippen LogP contribution in [0.15, 0.2) is 18.2 Å². The number of ether oxygens (including phenoxy) is 1. The molecule has 0 aliphatic heterocycles. The number of nitrogens with two attached hydrogens (primary N) is 1. The van der Waals surface area contributed by atoms with Gasteiger partial charge in [0.1, 0.15) is 5.82 Å². The van der Waals surface area contributed by atoms with Crippen molar-refractivity contribution >= 4 is 0 Å². The van der Waals surface area contributed by atoms with Crippen LogP contribution in [0.5, 0.6) is 0 Å². The molecular weight excluding hydrogens is 229 g/mol. The summed E-state index contributed by atoms with van der Waals surface area (Å²) in [5.41, 5.74) is 6.80. The number of hydrogen-bond donors (Lipinski definition) is 1. The minimum atomic E-state index is -0.274. The van der Waals surface area contributed by atoms with Gasteiger partial charge in [-0.2, -0.15) is 0 Å². The van der Waals surface area contributed by atoms with Crippen molar-refractivity contribution in [2.75, 3.05) is 6.54 Å². The Bertz CT molecular complexity index is 455. The summed E-state index contributed by atoms with van der Waals surface area (Å²) in [6, 6.07) is 4.78. The van der Waals surface area contributed by atoms with E-state index in [1.165, 1.54) is 25.0 Å². The van der Waals surface area contributed by atoms with Gasteiger partial charge in [0.2, 0.25) is 0 Å². The first-order chi connectivity index (χ1) is 8.78. The van der Waals surface area contributed by atoms with Crippen molar-refractivity contribution in [2.24, 2.45) is 5.73 Å². The molecule has 1 fully saturated rings. The van der Waals surface area contributed by atoms with E-state index in [-0.39, 0.29) is 12.4 Å². The zero-order valence-electron chi connectivity index (χ0n) is 10.4. The van der Waals surface area contributed by atoms with Gasteiger partial charge in [0.25, 0.3) is 0 Å². The van der Waals surface area contributed by atoms with E-state index in [0.29, 0.717) is 18.3 Å². The average molecular weight is 247 g/mol. The smallest absolute Gasteiger partial charge is 0.124 e. The fraction of sp³-hybridized carbons (Fsp3) is 0.467. The summed E-state index contributed by atoms with van der Waals surface area (Å²) >= 11 is 0. The SMILES string of the molecule is NCC#Cc1cc(F)cc(COC2CCCC2)c1. The monoisotopic (exact) mass is 247 g/mol. The Kier molecular flexibility index (Phi) is 4.74. The van der Waals surface area contributed by atoms with Crippen LogP contribution >= 0.6 is 0 Å². The third-order valence-corrected chi connectivity index (χ3v) is 3.08. The summed E-state index contributed by atoms with van der Waals surface area (Å²) in [6.07, 6.45) is 5.05. The molecule has 2 nitrogen and oxygen atoms in total. The highest BCUT2D eigenvalue weighted by Crippen LogP contribution is 2.22. The first-order valence-electron chi connectivity index (χ1n) is 6.38. The first-order valence-corrected chi connectivity index (χ1v) is 6.38. The molecule has 0 aromatic heterocycles. The topological polar surface area (TPSA) is 35.2 Å². The molecule has 1 aromatic carbocycles.